The fraction of sp³-hybridized carbons (Fsp3) is 0.417. The highest BCUT2D eigenvalue weighted by atomic mass is 35.5. The largest absolute Gasteiger partial charge is 0.482 e. The van der Waals surface area contributed by atoms with Crippen molar-refractivity contribution in [1.29, 1.82) is 0 Å². The molecule has 1 heterocycles. The van der Waals surface area contributed by atoms with Crippen LogP contribution in [0, 0.1) is 0 Å². The molecular weight excluding hydrogens is 398 g/mol. The van der Waals surface area contributed by atoms with Gasteiger partial charge in [0, 0.05) is 17.3 Å². The number of hydrogen-bond acceptors (Lipinski definition) is 4. The van der Waals surface area contributed by atoms with Crippen LogP contribution in [0.15, 0.2) is 47.6 Å². The van der Waals surface area contributed by atoms with Crippen molar-refractivity contribution < 1.29 is 9.53 Å². The summed E-state index contributed by atoms with van der Waals surface area (Å²) < 4.78 is 5.42. The van der Waals surface area contributed by atoms with Crippen LogP contribution in [0.1, 0.15) is 58.1 Å². The number of fused-ring (bicyclic) bond motifs is 1. The Bertz CT molecular complexity index is 940. The van der Waals surface area contributed by atoms with E-state index in [9.17, 15) is 4.79 Å². The summed E-state index contributed by atoms with van der Waals surface area (Å²) in [6.45, 7) is 11.2. The number of amides is 1. The summed E-state index contributed by atoms with van der Waals surface area (Å²) in [7, 11) is 0. The van der Waals surface area contributed by atoms with Crippen molar-refractivity contribution in [2.45, 2.75) is 58.5 Å². The van der Waals surface area contributed by atoms with Crippen LogP contribution in [0.5, 0.6) is 5.75 Å². The van der Waals surface area contributed by atoms with Crippen LogP contribution in [-0.4, -0.2) is 30.3 Å². The van der Waals surface area contributed by atoms with Gasteiger partial charge in [-0.3, -0.25) is 4.79 Å². The maximum absolute atomic E-state index is 12.0. The number of ether oxygens (including phenoxy) is 1. The summed E-state index contributed by atoms with van der Waals surface area (Å²) in [5.74, 6) is 0.585. The molecule has 3 rings (SSSR count). The van der Waals surface area contributed by atoms with Crippen molar-refractivity contribution in [1.82, 2.24) is 5.43 Å². The number of carbonyl (C=O) groups excluding carboxylic acids is 1. The van der Waals surface area contributed by atoms with Crippen molar-refractivity contribution in [2.75, 3.05) is 11.5 Å². The molecule has 0 aliphatic carbocycles. The molecule has 0 bridgehead atoms. The number of halogens is 1. The van der Waals surface area contributed by atoms with Crippen LogP contribution in [0.4, 0.5) is 5.69 Å². The monoisotopic (exact) mass is 427 g/mol. The van der Waals surface area contributed by atoms with Crippen molar-refractivity contribution in [3.63, 3.8) is 0 Å². The zero-order valence-corrected chi connectivity index (χ0v) is 19.0. The van der Waals surface area contributed by atoms with Crippen LogP contribution in [0.3, 0.4) is 0 Å². The van der Waals surface area contributed by atoms with Crippen LogP contribution < -0.4 is 15.1 Å². The van der Waals surface area contributed by atoms with Crippen molar-refractivity contribution in [3.05, 3.63) is 58.6 Å². The SMILES string of the molecule is CC(C)N1c2ccc(/C=N/NC(=O)COc3ccccc3Cl)cc2[C@H](C)CC1(C)C. The first-order valence-corrected chi connectivity index (χ1v) is 10.7. The number of carbonyl (C=O) groups is 1. The quantitative estimate of drug-likeness (QED) is 0.498. The molecule has 5 nitrogen and oxygen atoms in total. The van der Waals surface area contributed by atoms with Gasteiger partial charge in [-0.1, -0.05) is 36.7 Å². The molecule has 2 aromatic rings. The zero-order valence-electron chi connectivity index (χ0n) is 18.3. The molecule has 1 N–H and O–H groups in total. The van der Waals surface area contributed by atoms with E-state index in [4.69, 9.17) is 16.3 Å². The van der Waals surface area contributed by atoms with E-state index < -0.39 is 0 Å². The van der Waals surface area contributed by atoms with Crippen molar-refractivity contribution in [3.8, 4) is 5.75 Å². The molecule has 6 heteroatoms. The summed E-state index contributed by atoms with van der Waals surface area (Å²) in [5.41, 5.74) is 6.18. The Balaban J connectivity index is 1.65. The molecule has 1 atom stereocenters. The Kier molecular flexibility index (Phi) is 6.71. The number of hydrogen-bond donors (Lipinski definition) is 1. The maximum Gasteiger partial charge on any atom is 0.277 e. The molecule has 0 saturated heterocycles. The number of benzene rings is 2. The van der Waals surface area contributed by atoms with Crippen LogP contribution in [0.2, 0.25) is 5.02 Å². The summed E-state index contributed by atoms with van der Waals surface area (Å²) in [4.78, 5) is 14.5. The molecule has 1 amide bonds. The van der Waals surface area contributed by atoms with E-state index in [-0.39, 0.29) is 18.1 Å². The highest BCUT2D eigenvalue weighted by molar-refractivity contribution is 6.32. The highest BCUT2D eigenvalue weighted by Gasteiger charge is 2.37. The molecule has 2 aromatic carbocycles. The first kappa shape index (κ1) is 22.2. The second-order valence-electron chi connectivity index (χ2n) is 8.71. The van der Waals surface area contributed by atoms with Gasteiger partial charge in [-0.2, -0.15) is 5.10 Å². The Morgan fingerprint density at radius 1 is 1.33 bits per heavy atom. The van der Waals surface area contributed by atoms with E-state index in [0.29, 0.717) is 22.7 Å². The molecule has 0 aromatic heterocycles. The molecule has 0 radical (unpaired) electrons. The third kappa shape index (κ3) is 4.96. The van der Waals surface area contributed by atoms with Crippen LogP contribution >= 0.6 is 11.6 Å². The Labute approximate surface area is 184 Å². The fourth-order valence-corrected chi connectivity index (χ4v) is 4.63. The Morgan fingerprint density at radius 2 is 2.07 bits per heavy atom. The first-order valence-electron chi connectivity index (χ1n) is 10.3. The van der Waals surface area contributed by atoms with Gasteiger partial charge in [0.15, 0.2) is 6.61 Å². The summed E-state index contributed by atoms with van der Waals surface area (Å²) in [6, 6.07) is 13.8. The van der Waals surface area contributed by atoms with Gasteiger partial charge in [0.25, 0.3) is 5.91 Å². The predicted molar refractivity (Wildman–Crippen MR) is 124 cm³/mol. The summed E-state index contributed by atoms with van der Waals surface area (Å²) in [6.07, 6.45) is 2.76. The van der Waals surface area contributed by atoms with Gasteiger partial charge in [0.2, 0.25) is 0 Å². The zero-order chi connectivity index (χ0) is 21.9. The molecule has 0 unspecified atom stereocenters. The van der Waals surface area contributed by atoms with Gasteiger partial charge >= 0.3 is 0 Å². The average Bonchev–Trinajstić information content (AvgIpc) is 2.67. The highest BCUT2D eigenvalue weighted by Crippen LogP contribution is 2.44. The second-order valence-corrected chi connectivity index (χ2v) is 9.12. The number of anilines is 1. The topological polar surface area (TPSA) is 53.9 Å². The first-order chi connectivity index (χ1) is 14.2. The lowest BCUT2D eigenvalue weighted by molar-refractivity contribution is -0.123. The Morgan fingerprint density at radius 3 is 2.77 bits per heavy atom. The summed E-state index contributed by atoms with van der Waals surface area (Å²) >= 11 is 6.02. The van der Waals surface area contributed by atoms with Crippen molar-refractivity contribution in [2.24, 2.45) is 5.10 Å². The van der Waals surface area contributed by atoms with E-state index in [0.717, 1.165) is 12.0 Å². The molecule has 0 spiro atoms. The van der Waals surface area contributed by atoms with Crippen molar-refractivity contribution >= 4 is 29.4 Å². The van der Waals surface area contributed by atoms with E-state index in [2.05, 4.69) is 62.2 Å². The lowest BCUT2D eigenvalue weighted by Crippen LogP contribution is -2.51. The van der Waals surface area contributed by atoms with Crippen LogP contribution in [0.25, 0.3) is 0 Å². The van der Waals surface area contributed by atoms with Gasteiger partial charge in [-0.05, 0) is 75.4 Å². The van der Waals surface area contributed by atoms with E-state index in [1.807, 2.05) is 6.07 Å². The molecule has 1 aliphatic rings. The van der Waals surface area contributed by atoms with Gasteiger partial charge in [-0.25, -0.2) is 5.43 Å². The molecular formula is C24H30ClN3O2. The Hall–Kier alpha value is -2.53. The van der Waals surface area contributed by atoms with E-state index in [1.54, 1.807) is 30.5 Å². The standard InChI is InChI=1S/C24H30ClN3O2/c1-16(2)28-21-11-10-18(12-19(21)17(3)13-24(28,4)5)14-26-27-23(29)15-30-22-9-7-6-8-20(22)25/h6-12,14,16-17H,13,15H2,1-5H3,(H,27,29)/b26-14+/t17-/m1/s1. The molecule has 160 valence electrons. The van der Waals surface area contributed by atoms with Crippen LogP contribution in [-0.2, 0) is 4.79 Å². The third-order valence-electron chi connectivity index (χ3n) is 5.41. The lowest BCUT2D eigenvalue weighted by Gasteiger charge is -2.50. The maximum atomic E-state index is 12.0. The van der Waals surface area contributed by atoms with Gasteiger partial charge in [0.05, 0.1) is 11.2 Å². The number of para-hydroxylation sites is 1. The molecule has 30 heavy (non-hydrogen) atoms. The predicted octanol–water partition coefficient (Wildman–Crippen LogP) is 5.37. The molecule has 1 aliphatic heterocycles. The van der Waals surface area contributed by atoms with Gasteiger partial charge < -0.3 is 9.64 Å². The number of rotatable bonds is 6. The van der Waals surface area contributed by atoms with Gasteiger partial charge in [0.1, 0.15) is 5.75 Å². The summed E-state index contributed by atoms with van der Waals surface area (Å²) in [5, 5.41) is 4.55. The minimum Gasteiger partial charge on any atom is -0.482 e. The number of nitrogens with one attached hydrogen (secondary N) is 1. The number of hydrazone groups is 1. The third-order valence-corrected chi connectivity index (χ3v) is 5.73. The van der Waals surface area contributed by atoms with E-state index in [1.165, 1.54) is 11.3 Å². The smallest absolute Gasteiger partial charge is 0.277 e. The van der Waals surface area contributed by atoms with E-state index >= 15 is 0 Å². The minimum absolute atomic E-state index is 0.117. The average molecular weight is 428 g/mol. The fourth-order valence-electron chi connectivity index (χ4n) is 4.44. The number of nitrogens with zero attached hydrogens (tertiary/aromatic N) is 2. The van der Waals surface area contributed by atoms with Gasteiger partial charge in [-0.15, -0.1) is 0 Å². The molecule has 0 saturated carbocycles. The lowest BCUT2D eigenvalue weighted by atomic mass is 9.79. The second kappa shape index (κ2) is 9.09. The normalized spacial score (nSPS) is 17.8. The molecule has 0 fully saturated rings. The minimum atomic E-state index is -0.342.